The van der Waals surface area contributed by atoms with Gasteiger partial charge in [0.15, 0.2) is 11.5 Å². The Morgan fingerprint density at radius 2 is 1.62 bits per heavy atom. The molecule has 126 valence electrons. The molecule has 0 spiro atoms. The van der Waals surface area contributed by atoms with Gasteiger partial charge in [-0.1, -0.05) is 12.1 Å². The number of anilines is 1. The van der Waals surface area contributed by atoms with E-state index >= 15 is 0 Å². The fourth-order valence-electron chi connectivity index (χ4n) is 2.03. The number of hydrogen-bond acceptors (Lipinski definition) is 5. The van der Waals surface area contributed by atoms with Gasteiger partial charge in [-0.15, -0.1) is 0 Å². The molecule has 0 aliphatic carbocycles. The lowest BCUT2D eigenvalue weighted by Crippen LogP contribution is -2.31. The Morgan fingerprint density at radius 3 is 2.21 bits per heavy atom. The molecule has 0 fully saturated rings. The molecule has 6 nitrogen and oxygen atoms in total. The van der Waals surface area contributed by atoms with Gasteiger partial charge in [-0.05, 0) is 36.4 Å². The third kappa shape index (κ3) is 4.49. The van der Waals surface area contributed by atoms with E-state index < -0.39 is 5.97 Å². The van der Waals surface area contributed by atoms with E-state index in [1.165, 1.54) is 7.11 Å². The first-order chi connectivity index (χ1) is 11.5. The van der Waals surface area contributed by atoms with Crippen molar-refractivity contribution in [2.24, 2.45) is 0 Å². The second-order valence-electron chi connectivity index (χ2n) is 5.25. The van der Waals surface area contributed by atoms with Crippen molar-refractivity contribution in [3.63, 3.8) is 0 Å². The van der Waals surface area contributed by atoms with E-state index in [2.05, 4.69) is 5.32 Å². The largest absolute Gasteiger partial charge is 0.493 e. The summed E-state index contributed by atoms with van der Waals surface area (Å²) in [7, 11) is 5.33. The van der Waals surface area contributed by atoms with E-state index in [0.717, 1.165) is 5.69 Å². The molecule has 1 N–H and O–H groups in total. The average Bonchev–Trinajstić information content (AvgIpc) is 2.60. The van der Waals surface area contributed by atoms with Crippen LogP contribution >= 0.6 is 0 Å². The summed E-state index contributed by atoms with van der Waals surface area (Å²) in [6.07, 6.45) is 0. The fraction of sp³-hybridized carbons (Fsp3) is 0.222. The van der Waals surface area contributed by atoms with Gasteiger partial charge in [-0.25, -0.2) is 4.79 Å². The van der Waals surface area contributed by atoms with Gasteiger partial charge in [-0.3, -0.25) is 4.79 Å². The molecule has 0 aliphatic heterocycles. The van der Waals surface area contributed by atoms with E-state index in [9.17, 15) is 9.59 Å². The van der Waals surface area contributed by atoms with Gasteiger partial charge in [0.05, 0.1) is 7.11 Å². The zero-order chi connectivity index (χ0) is 17.5. The third-order valence-corrected chi connectivity index (χ3v) is 3.33. The van der Waals surface area contributed by atoms with E-state index in [0.29, 0.717) is 17.1 Å². The summed E-state index contributed by atoms with van der Waals surface area (Å²) in [5.74, 6) is -0.138. The molecule has 0 aromatic heterocycles. The normalized spacial score (nSPS) is 9.96. The monoisotopic (exact) mass is 328 g/mol. The maximum absolute atomic E-state index is 12.0. The molecule has 2 aromatic rings. The summed E-state index contributed by atoms with van der Waals surface area (Å²) in [5, 5.41) is 2.54. The number of carbonyl (C=O) groups is 2. The minimum atomic E-state index is -0.572. The van der Waals surface area contributed by atoms with Crippen LogP contribution in [0.3, 0.4) is 0 Å². The number of esters is 1. The quantitative estimate of drug-likeness (QED) is 0.650. The van der Waals surface area contributed by atoms with Crippen molar-refractivity contribution in [2.45, 2.75) is 0 Å². The SMILES string of the molecule is COc1ccccc1OC(=O)CNC(=O)c1ccc(N(C)C)cc1. The topological polar surface area (TPSA) is 67.9 Å². The van der Waals surface area contributed by atoms with Crippen molar-refractivity contribution in [3.05, 3.63) is 54.1 Å². The van der Waals surface area contributed by atoms with Crippen LogP contribution in [0.25, 0.3) is 0 Å². The molecule has 0 atom stereocenters. The molecule has 0 saturated heterocycles. The minimum Gasteiger partial charge on any atom is -0.493 e. The van der Waals surface area contributed by atoms with Gasteiger partial charge in [-0.2, -0.15) is 0 Å². The molecule has 0 radical (unpaired) electrons. The second-order valence-corrected chi connectivity index (χ2v) is 5.25. The number of nitrogens with one attached hydrogen (secondary N) is 1. The van der Waals surface area contributed by atoms with Crippen LogP contribution in [0.2, 0.25) is 0 Å². The summed E-state index contributed by atoms with van der Waals surface area (Å²) in [5.41, 5.74) is 1.47. The van der Waals surface area contributed by atoms with Gasteiger partial charge < -0.3 is 19.7 Å². The zero-order valence-corrected chi connectivity index (χ0v) is 13.9. The molecule has 24 heavy (non-hydrogen) atoms. The molecule has 2 aromatic carbocycles. The van der Waals surface area contributed by atoms with Crippen molar-refractivity contribution < 1.29 is 19.1 Å². The standard InChI is InChI=1S/C18H20N2O4/c1-20(2)14-10-8-13(9-11-14)18(22)19-12-17(21)24-16-7-5-4-6-15(16)23-3/h4-11H,12H2,1-3H3,(H,19,22). The van der Waals surface area contributed by atoms with Crippen molar-refractivity contribution >= 4 is 17.6 Å². The van der Waals surface area contributed by atoms with Crippen molar-refractivity contribution in [1.29, 1.82) is 0 Å². The smallest absolute Gasteiger partial charge is 0.330 e. The number of hydrogen-bond donors (Lipinski definition) is 1. The van der Waals surface area contributed by atoms with E-state index in [1.807, 2.05) is 31.1 Å². The molecule has 0 saturated carbocycles. The Balaban J connectivity index is 1.90. The molecular formula is C18H20N2O4. The van der Waals surface area contributed by atoms with Gasteiger partial charge in [0.2, 0.25) is 0 Å². The second kappa shape index (κ2) is 8.01. The molecule has 0 unspecified atom stereocenters. The predicted octanol–water partition coefficient (Wildman–Crippen LogP) is 2.10. The van der Waals surface area contributed by atoms with Gasteiger partial charge in [0.25, 0.3) is 5.91 Å². The van der Waals surface area contributed by atoms with Crippen LogP contribution in [0, 0.1) is 0 Å². The summed E-state index contributed by atoms with van der Waals surface area (Å²) < 4.78 is 10.3. The highest BCUT2D eigenvalue weighted by molar-refractivity contribution is 5.96. The highest BCUT2D eigenvalue weighted by atomic mass is 16.6. The lowest BCUT2D eigenvalue weighted by molar-refractivity contribution is -0.133. The van der Waals surface area contributed by atoms with E-state index in [-0.39, 0.29) is 12.5 Å². The molecule has 0 heterocycles. The molecule has 0 aliphatic rings. The highest BCUT2D eigenvalue weighted by Gasteiger charge is 2.12. The Kier molecular flexibility index (Phi) is 5.78. The number of methoxy groups -OCH3 is 1. The van der Waals surface area contributed by atoms with Crippen LogP contribution in [-0.4, -0.2) is 39.6 Å². The Morgan fingerprint density at radius 1 is 1.00 bits per heavy atom. The van der Waals surface area contributed by atoms with Crippen molar-refractivity contribution in [1.82, 2.24) is 5.32 Å². The molecule has 2 rings (SSSR count). The number of nitrogens with zero attached hydrogens (tertiary/aromatic N) is 1. The van der Waals surface area contributed by atoms with Crippen molar-refractivity contribution in [2.75, 3.05) is 32.6 Å². The van der Waals surface area contributed by atoms with E-state index in [4.69, 9.17) is 9.47 Å². The first-order valence-electron chi connectivity index (χ1n) is 7.40. The van der Waals surface area contributed by atoms with Crippen LogP contribution in [0.5, 0.6) is 11.5 Å². The van der Waals surface area contributed by atoms with Crippen LogP contribution < -0.4 is 19.7 Å². The molecular weight excluding hydrogens is 308 g/mol. The Bertz CT molecular complexity index is 711. The Labute approximate surface area is 141 Å². The van der Waals surface area contributed by atoms with Crippen molar-refractivity contribution in [3.8, 4) is 11.5 Å². The maximum atomic E-state index is 12.0. The van der Waals surface area contributed by atoms with E-state index in [1.54, 1.807) is 36.4 Å². The fourth-order valence-corrected chi connectivity index (χ4v) is 2.03. The van der Waals surface area contributed by atoms with Gasteiger partial charge in [0.1, 0.15) is 6.54 Å². The number of para-hydroxylation sites is 2. The summed E-state index contributed by atoms with van der Waals surface area (Å²) in [4.78, 5) is 25.8. The Hall–Kier alpha value is -3.02. The predicted molar refractivity (Wildman–Crippen MR) is 91.7 cm³/mol. The first kappa shape index (κ1) is 17.3. The van der Waals surface area contributed by atoms with Gasteiger partial charge in [0, 0.05) is 25.3 Å². The number of benzene rings is 2. The molecule has 1 amide bonds. The lowest BCUT2D eigenvalue weighted by Gasteiger charge is -2.12. The maximum Gasteiger partial charge on any atom is 0.330 e. The number of amides is 1. The third-order valence-electron chi connectivity index (χ3n) is 3.33. The lowest BCUT2D eigenvalue weighted by atomic mass is 10.2. The molecule has 6 heteroatoms. The van der Waals surface area contributed by atoms with Crippen LogP contribution in [0.15, 0.2) is 48.5 Å². The van der Waals surface area contributed by atoms with Gasteiger partial charge >= 0.3 is 5.97 Å². The number of ether oxygens (including phenoxy) is 2. The summed E-state index contributed by atoms with van der Waals surface area (Å²) >= 11 is 0. The highest BCUT2D eigenvalue weighted by Crippen LogP contribution is 2.25. The zero-order valence-electron chi connectivity index (χ0n) is 13.9. The van der Waals surface area contributed by atoms with Crippen LogP contribution in [0.4, 0.5) is 5.69 Å². The van der Waals surface area contributed by atoms with Crippen LogP contribution in [-0.2, 0) is 4.79 Å². The number of rotatable bonds is 6. The minimum absolute atomic E-state index is 0.230. The van der Waals surface area contributed by atoms with Crippen LogP contribution in [0.1, 0.15) is 10.4 Å². The first-order valence-corrected chi connectivity index (χ1v) is 7.40. The summed E-state index contributed by atoms with van der Waals surface area (Å²) in [6, 6.07) is 13.9. The summed E-state index contributed by atoms with van der Waals surface area (Å²) in [6.45, 7) is -0.230. The molecule has 0 bridgehead atoms. The number of carbonyl (C=O) groups excluding carboxylic acids is 2. The average molecular weight is 328 g/mol.